The summed E-state index contributed by atoms with van der Waals surface area (Å²) in [6.07, 6.45) is 3.47. The second-order valence-corrected chi connectivity index (χ2v) is 8.52. The molecule has 1 saturated heterocycles. The number of pyridine rings is 1. The van der Waals surface area contributed by atoms with Crippen LogP contribution in [0.2, 0.25) is 0 Å². The molecule has 1 amide bonds. The number of hydrogen-bond donors (Lipinski definition) is 2. The lowest BCUT2D eigenvalue weighted by atomic mass is 10.0. The van der Waals surface area contributed by atoms with Crippen LogP contribution in [-0.2, 0) is 10.0 Å². The van der Waals surface area contributed by atoms with Crippen molar-refractivity contribution in [1.82, 2.24) is 19.9 Å². The summed E-state index contributed by atoms with van der Waals surface area (Å²) < 4.78 is 27.0. The van der Waals surface area contributed by atoms with Crippen LogP contribution in [0.3, 0.4) is 0 Å². The number of nitrogens with one attached hydrogen (secondary N) is 2. The first-order chi connectivity index (χ1) is 12.9. The highest BCUT2D eigenvalue weighted by molar-refractivity contribution is 7.89. The molecule has 0 radical (unpaired) electrons. The van der Waals surface area contributed by atoms with Crippen LogP contribution in [0.25, 0.3) is 0 Å². The summed E-state index contributed by atoms with van der Waals surface area (Å²) in [5.41, 5.74) is 1.44. The van der Waals surface area contributed by atoms with Crippen LogP contribution in [-0.4, -0.2) is 49.9 Å². The fourth-order valence-electron chi connectivity index (χ4n) is 3.14. The number of nitrogens with zero attached hydrogens (tertiary/aromatic N) is 2. The monoisotopic (exact) mass is 388 g/mol. The van der Waals surface area contributed by atoms with Gasteiger partial charge in [-0.2, -0.15) is 0 Å². The summed E-state index contributed by atoms with van der Waals surface area (Å²) in [4.78, 5) is 19.1. The fraction of sp³-hybridized carbons (Fsp3) is 0.368. The van der Waals surface area contributed by atoms with Gasteiger partial charge in [0.2, 0.25) is 10.0 Å². The van der Waals surface area contributed by atoms with Gasteiger partial charge in [-0.15, -0.1) is 0 Å². The Balaban J connectivity index is 1.82. The van der Waals surface area contributed by atoms with Gasteiger partial charge in [0, 0.05) is 43.6 Å². The van der Waals surface area contributed by atoms with Crippen molar-refractivity contribution in [1.29, 1.82) is 0 Å². The van der Waals surface area contributed by atoms with Crippen molar-refractivity contribution < 1.29 is 13.2 Å². The van der Waals surface area contributed by atoms with E-state index in [4.69, 9.17) is 0 Å². The third-order valence-corrected chi connectivity index (χ3v) is 6.05. The van der Waals surface area contributed by atoms with E-state index in [0.717, 1.165) is 5.56 Å². The smallest absolute Gasteiger partial charge is 0.254 e. The molecule has 0 spiro atoms. The summed E-state index contributed by atoms with van der Waals surface area (Å²) >= 11 is 0. The molecule has 2 aromatic rings. The van der Waals surface area contributed by atoms with Crippen molar-refractivity contribution in [2.24, 2.45) is 0 Å². The van der Waals surface area contributed by atoms with E-state index < -0.39 is 10.0 Å². The zero-order chi connectivity index (χ0) is 19.4. The molecule has 1 fully saturated rings. The average Bonchev–Trinajstić information content (AvgIpc) is 2.67. The van der Waals surface area contributed by atoms with Gasteiger partial charge in [0.15, 0.2) is 0 Å². The Kier molecular flexibility index (Phi) is 5.88. The Morgan fingerprint density at radius 3 is 2.63 bits per heavy atom. The molecular weight excluding hydrogens is 364 g/mol. The molecule has 1 unspecified atom stereocenters. The number of amides is 1. The van der Waals surface area contributed by atoms with Crippen molar-refractivity contribution in [3.05, 3.63) is 59.9 Å². The molecule has 1 aliphatic rings. The van der Waals surface area contributed by atoms with E-state index in [2.05, 4.69) is 15.0 Å². The summed E-state index contributed by atoms with van der Waals surface area (Å²) in [5, 5.41) is 3.31. The molecule has 1 atom stereocenters. The van der Waals surface area contributed by atoms with Gasteiger partial charge in [-0.3, -0.25) is 9.78 Å². The maximum atomic E-state index is 13.0. The standard InChI is InChI=1S/C19H24N4O3S/c1-14(2)22-27(25,26)17-7-5-15(6-8-17)19(24)23-11-10-21-13-18(23)16-4-3-9-20-12-16/h3-9,12,14,18,21-22H,10-11,13H2,1-2H3. The highest BCUT2D eigenvalue weighted by Gasteiger charge is 2.29. The first-order valence-corrected chi connectivity index (χ1v) is 10.4. The molecule has 0 bridgehead atoms. The van der Waals surface area contributed by atoms with Crippen LogP contribution in [0.4, 0.5) is 0 Å². The van der Waals surface area contributed by atoms with Crippen molar-refractivity contribution in [3.8, 4) is 0 Å². The van der Waals surface area contributed by atoms with Crippen LogP contribution >= 0.6 is 0 Å². The van der Waals surface area contributed by atoms with Crippen LogP contribution < -0.4 is 10.0 Å². The predicted octanol–water partition coefficient (Wildman–Crippen LogP) is 1.55. The normalized spacial score (nSPS) is 17.9. The van der Waals surface area contributed by atoms with Gasteiger partial charge in [0.25, 0.3) is 5.91 Å². The lowest BCUT2D eigenvalue weighted by molar-refractivity contribution is 0.0634. The molecular formula is C19H24N4O3S. The molecule has 7 nitrogen and oxygen atoms in total. The fourth-order valence-corrected chi connectivity index (χ4v) is 4.39. The third-order valence-electron chi connectivity index (χ3n) is 4.38. The van der Waals surface area contributed by atoms with Crippen LogP contribution in [0.1, 0.15) is 35.8 Å². The Labute approximate surface area is 159 Å². The number of carbonyl (C=O) groups is 1. The number of piperazine rings is 1. The number of sulfonamides is 1. The number of rotatable bonds is 5. The Bertz CT molecular complexity index is 883. The summed E-state index contributed by atoms with van der Waals surface area (Å²) in [7, 11) is -3.57. The van der Waals surface area contributed by atoms with E-state index >= 15 is 0 Å². The highest BCUT2D eigenvalue weighted by Crippen LogP contribution is 2.24. The minimum absolute atomic E-state index is 0.106. The number of carbonyl (C=O) groups excluding carboxylic acids is 1. The largest absolute Gasteiger partial charge is 0.329 e. The molecule has 1 aliphatic heterocycles. The van der Waals surface area contributed by atoms with Crippen molar-refractivity contribution in [2.75, 3.05) is 19.6 Å². The molecule has 2 heterocycles. The lowest BCUT2D eigenvalue weighted by Gasteiger charge is -2.36. The average molecular weight is 388 g/mol. The highest BCUT2D eigenvalue weighted by atomic mass is 32.2. The third kappa shape index (κ3) is 4.52. The van der Waals surface area contributed by atoms with E-state index in [9.17, 15) is 13.2 Å². The second kappa shape index (κ2) is 8.16. The zero-order valence-corrected chi connectivity index (χ0v) is 16.2. The maximum Gasteiger partial charge on any atom is 0.254 e. The molecule has 2 N–H and O–H groups in total. The Morgan fingerprint density at radius 2 is 2.00 bits per heavy atom. The molecule has 0 saturated carbocycles. The quantitative estimate of drug-likeness (QED) is 0.811. The maximum absolute atomic E-state index is 13.0. The number of aromatic nitrogens is 1. The van der Waals surface area contributed by atoms with Crippen molar-refractivity contribution in [2.45, 2.75) is 30.8 Å². The van der Waals surface area contributed by atoms with Gasteiger partial charge in [0.1, 0.15) is 0 Å². The molecule has 0 aliphatic carbocycles. The van der Waals surface area contributed by atoms with Crippen molar-refractivity contribution >= 4 is 15.9 Å². The van der Waals surface area contributed by atoms with Crippen molar-refractivity contribution in [3.63, 3.8) is 0 Å². The summed E-state index contributed by atoms with van der Waals surface area (Å²) in [6.45, 7) is 5.47. The van der Waals surface area contributed by atoms with Crippen LogP contribution in [0.15, 0.2) is 53.7 Å². The predicted molar refractivity (Wildman–Crippen MR) is 103 cm³/mol. The minimum Gasteiger partial charge on any atom is -0.329 e. The SMILES string of the molecule is CC(C)NS(=O)(=O)c1ccc(C(=O)N2CCNCC2c2cccnc2)cc1. The van der Waals surface area contributed by atoms with E-state index in [1.807, 2.05) is 17.0 Å². The number of benzene rings is 1. The first kappa shape index (κ1) is 19.5. The lowest BCUT2D eigenvalue weighted by Crippen LogP contribution is -2.48. The molecule has 144 valence electrons. The number of hydrogen-bond acceptors (Lipinski definition) is 5. The van der Waals surface area contributed by atoms with Crippen LogP contribution in [0.5, 0.6) is 0 Å². The molecule has 1 aromatic heterocycles. The van der Waals surface area contributed by atoms with Gasteiger partial charge >= 0.3 is 0 Å². The minimum atomic E-state index is -3.57. The van der Waals surface area contributed by atoms with E-state index in [1.54, 1.807) is 38.4 Å². The summed E-state index contributed by atoms with van der Waals surface area (Å²) in [6, 6.07) is 9.59. The van der Waals surface area contributed by atoms with Gasteiger partial charge in [0.05, 0.1) is 10.9 Å². The Morgan fingerprint density at radius 1 is 1.26 bits per heavy atom. The van der Waals surface area contributed by atoms with E-state index in [-0.39, 0.29) is 22.9 Å². The van der Waals surface area contributed by atoms with E-state index in [0.29, 0.717) is 25.2 Å². The zero-order valence-electron chi connectivity index (χ0n) is 15.4. The molecule has 3 rings (SSSR count). The topological polar surface area (TPSA) is 91.4 Å². The van der Waals surface area contributed by atoms with Gasteiger partial charge < -0.3 is 10.2 Å². The molecule has 1 aromatic carbocycles. The van der Waals surface area contributed by atoms with Gasteiger partial charge in [-0.25, -0.2) is 13.1 Å². The van der Waals surface area contributed by atoms with E-state index in [1.165, 1.54) is 12.1 Å². The molecule has 27 heavy (non-hydrogen) atoms. The van der Waals surface area contributed by atoms with Gasteiger partial charge in [-0.1, -0.05) is 6.07 Å². The molecule has 8 heteroatoms. The Hall–Kier alpha value is -2.29. The van der Waals surface area contributed by atoms with Gasteiger partial charge in [-0.05, 0) is 49.7 Å². The summed E-state index contributed by atoms with van der Waals surface area (Å²) in [5.74, 6) is -0.119. The first-order valence-electron chi connectivity index (χ1n) is 8.92. The second-order valence-electron chi connectivity index (χ2n) is 6.81. The van der Waals surface area contributed by atoms with Crippen LogP contribution in [0, 0.1) is 0 Å².